The average molecular weight is 259 g/mol. The zero-order valence-electron chi connectivity index (χ0n) is 10.2. The van der Waals surface area contributed by atoms with E-state index >= 15 is 0 Å². The minimum atomic E-state index is -0.373. The molecule has 0 bridgehead atoms. The fourth-order valence-electron chi connectivity index (χ4n) is 2.57. The summed E-state index contributed by atoms with van der Waals surface area (Å²) in [6.07, 6.45) is 0.800. The molecule has 19 heavy (non-hydrogen) atoms. The third kappa shape index (κ3) is 1.90. The lowest BCUT2D eigenvalue weighted by Gasteiger charge is -2.21. The molecule has 0 aromatic heterocycles. The van der Waals surface area contributed by atoms with Crippen molar-refractivity contribution in [3.8, 4) is 0 Å². The van der Waals surface area contributed by atoms with Gasteiger partial charge >= 0.3 is 0 Å². The topological polar surface area (TPSA) is 92.5 Å². The summed E-state index contributed by atoms with van der Waals surface area (Å²) in [4.78, 5) is 34.7. The predicted octanol–water partition coefficient (Wildman–Crippen LogP) is 0.0363. The van der Waals surface area contributed by atoms with Crippen LogP contribution in [0.3, 0.4) is 0 Å². The van der Waals surface area contributed by atoms with Gasteiger partial charge in [0.15, 0.2) is 0 Å². The minimum Gasteiger partial charge on any atom is -0.296 e. The van der Waals surface area contributed by atoms with Crippen LogP contribution in [0, 0.1) is 0 Å². The highest BCUT2D eigenvalue weighted by atomic mass is 16.2. The van der Waals surface area contributed by atoms with Crippen molar-refractivity contribution >= 4 is 17.7 Å². The van der Waals surface area contributed by atoms with Gasteiger partial charge in [0, 0.05) is 12.0 Å². The van der Waals surface area contributed by atoms with Crippen molar-refractivity contribution < 1.29 is 14.4 Å². The molecule has 1 atom stereocenters. The first kappa shape index (κ1) is 11.9. The number of nitrogens with zero attached hydrogens (tertiary/aromatic N) is 1. The normalized spacial score (nSPS) is 22.5. The Morgan fingerprint density at radius 1 is 1.26 bits per heavy atom. The van der Waals surface area contributed by atoms with E-state index in [0.717, 1.165) is 16.1 Å². The molecule has 2 aliphatic heterocycles. The van der Waals surface area contributed by atoms with E-state index in [1.165, 1.54) is 0 Å². The highest BCUT2D eigenvalue weighted by Crippen LogP contribution is 2.29. The van der Waals surface area contributed by atoms with E-state index in [-0.39, 0.29) is 23.6 Å². The molecule has 1 unspecified atom stereocenters. The molecule has 1 fully saturated rings. The summed E-state index contributed by atoms with van der Waals surface area (Å²) in [7, 11) is 0. The molecule has 2 aliphatic rings. The fourth-order valence-corrected chi connectivity index (χ4v) is 2.57. The van der Waals surface area contributed by atoms with Crippen molar-refractivity contribution in [3.05, 3.63) is 34.9 Å². The van der Waals surface area contributed by atoms with Crippen molar-refractivity contribution in [2.24, 2.45) is 5.84 Å². The Morgan fingerprint density at radius 2 is 2.05 bits per heavy atom. The Balaban J connectivity index is 1.93. The molecule has 0 aliphatic carbocycles. The van der Waals surface area contributed by atoms with Crippen molar-refractivity contribution in [1.82, 2.24) is 10.3 Å². The Morgan fingerprint density at radius 3 is 2.79 bits per heavy atom. The van der Waals surface area contributed by atoms with Gasteiger partial charge in [0.1, 0.15) is 0 Å². The third-order valence-electron chi connectivity index (χ3n) is 3.61. The zero-order valence-corrected chi connectivity index (χ0v) is 10.2. The molecule has 0 saturated carbocycles. The highest BCUT2D eigenvalue weighted by molar-refractivity contribution is 6.02. The number of benzene rings is 1. The van der Waals surface area contributed by atoms with Crippen LogP contribution in [0.25, 0.3) is 0 Å². The molecule has 0 radical (unpaired) electrons. The molecule has 1 aromatic rings. The van der Waals surface area contributed by atoms with E-state index in [9.17, 15) is 14.4 Å². The Labute approximate surface area is 109 Å². The summed E-state index contributed by atoms with van der Waals surface area (Å²) in [6.45, 7) is 0.393. The predicted molar refractivity (Wildman–Crippen MR) is 65.6 cm³/mol. The number of amides is 3. The molecule has 98 valence electrons. The van der Waals surface area contributed by atoms with Gasteiger partial charge in [-0.3, -0.25) is 24.7 Å². The number of fused-ring (bicyclic) bond motifs is 1. The molecule has 6 nitrogen and oxygen atoms in total. The summed E-state index contributed by atoms with van der Waals surface area (Å²) in [5, 5.41) is 3.47. The molecule has 3 rings (SSSR count). The number of carbonyl (C=O) groups excluding carboxylic acids is 3. The van der Waals surface area contributed by atoms with E-state index in [2.05, 4.69) is 5.32 Å². The van der Waals surface area contributed by atoms with Crippen molar-refractivity contribution in [1.29, 1.82) is 0 Å². The van der Waals surface area contributed by atoms with Crippen LogP contribution < -0.4 is 11.2 Å². The average Bonchev–Trinajstić information content (AvgIpc) is 2.65. The van der Waals surface area contributed by atoms with Crippen molar-refractivity contribution in [2.45, 2.75) is 25.3 Å². The second-order valence-corrected chi connectivity index (χ2v) is 4.85. The van der Waals surface area contributed by atoms with E-state index < -0.39 is 0 Å². The molecular weight excluding hydrogens is 246 g/mol. The number of hydrazine groups is 1. The lowest BCUT2D eigenvalue weighted by atomic mass is 9.89. The summed E-state index contributed by atoms with van der Waals surface area (Å²) in [5.74, 6) is 4.41. The lowest BCUT2D eigenvalue weighted by molar-refractivity contribution is -0.134. The number of piperidine rings is 1. The van der Waals surface area contributed by atoms with Gasteiger partial charge in [-0.15, -0.1) is 0 Å². The molecule has 0 spiro atoms. The lowest BCUT2D eigenvalue weighted by Crippen LogP contribution is -2.39. The first-order valence-electron chi connectivity index (χ1n) is 6.09. The maximum Gasteiger partial charge on any atom is 0.268 e. The molecular formula is C13H13N3O3. The molecule has 2 heterocycles. The van der Waals surface area contributed by atoms with Gasteiger partial charge in [-0.1, -0.05) is 12.1 Å². The quantitative estimate of drug-likeness (QED) is 0.423. The van der Waals surface area contributed by atoms with E-state index in [1.807, 2.05) is 12.1 Å². The van der Waals surface area contributed by atoms with Crippen LogP contribution in [0.2, 0.25) is 0 Å². The first-order valence-corrected chi connectivity index (χ1v) is 6.09. The number of imide groups is 1. The van der Waals surface area contributed by atoms with E-state index in [1.54, 1.807) is 6.07 Å². The van der Waals surface area contributed by atoms with Gasteiger partial charge in [-0.25, -0.2) is 5.84 Å². The van der Waals surface area contributed by atoms with Crippen LogP contribution in [0.4, 0.5) is 0 Å². The Bertz CT molecular complexity index is 597. The van der Waals surface area contributed by atoms with E-state index in [0.29, 0.717) is 24.9 Å². The van der Waals surface area contributed by atoms with Crippen molar-refractivity contribution in [3.63, 3.8) is 0 Å². The number of nitrogens with one attached hydrogen (secondary N) is 1. The van der Waals surface area contributed by atoms with Crippen LogP contribution in [-0.2, 0) is 16.1 Å². The van der Waals surface area contributed by atoms with E-state index in [4.69, 9.17) is 5.84 Å². The number of nitrogens with two attached hydrogens (primary N) is 1. The van der Waals surface area contributed by atoms with Crippen LogP contribution in [0.15, 0.2) is 18.2 Å². The monoisotopic (exact) mass is 259 g/mol. The minimum absolute atomic E-state index is 0.232. The Kier molecular flexibility index (Phi) is 2.60. The molecule has 6 heteroatoms. The maximum absolute atomic E-state index is 11.8. The van der Waals surface area contributed by atoms with Crippen LogP contribution in [0.5, 0.6) is 0 Å². The third-order valence-corrected chi connectivity index (χ3v) is 3.61. The van der Waals surface area contributed by atoms with Gasteiger partial charge in [0.2, 0.25) is 11.8 Å². The smallest absolute Gasteiger partial charge is 0.268 e. The van der Waals surface area contributed by atoms with Crippen LogP contribution >= 0.6 is 0 Å². The summed E-state index contributed by atoms with van der Waals surface area (Å²) < 4.78 is 0. The van der Waals surface area contributed by atoms with Crippen LogP contribution in [-0.4, -0.2) is 22.7 Å². The number of hydrogen-bond acceptors (Lipinski definition) is 4. The summed E-state index contributed by atoms with van der Waals surface area (Å²) in [6, 6.07) is 5.36. The van der Waals surface area contributed by atoms with Gasteiger partial charge in [-0.05, 0) is 23.6 Å². The SMILES string of the molecule is NN1Cc2ccc(C3CCC(=O)NC3=O)cc2C1=O. The first-order chi connectivity index (χ1) is 9.06. The number of hydrogen-bond donors (Lipinski definition) is 2. The molecule has 1 saturated heterocycles. The molecule has 3 amide bonds. The fraction of sp³-hybridized carbons (Fsp3) is 0.308. The number of rotatable bonds is 1. The van der Waals surface area contributed by atoms with Gasteiger partial charge in [0.05, 0.1) is 12.5 Å². The molecule has 3 N–H and O–H groups in total. The largest absolute Gasteiger partial charge is 0.296 e. The highest BCUT2D eigenvalue weighted by Gasteiger charge is 2.31. The summed E-state index contributed by atoms with van der Waals surface area (Å²) >= 11 is 0. The van der Waals surface area contributed by atoms with Gasteiger partial charge in [0.25, 0.3) is 5.91 Å². The molecule has 1 aromatic carbocycles. The summed E-state index contributed by atoms with van der Waals surface area (Å²) in [5.41, 5.74) is 2.17. The second-order valence-electron chi connectivity index (χ2n) is 4.85. The zero-order chi connectivity index (χ0) is 13.6. The van der Waals surface area contributed by atoms with Gasteiger partial charge in [-0.2, -0.15) is 0 Å². The Hall–Kier alpha value is -2.21. The number of carbonyl (C=O) groups is 3. The second kappa shape index (κ2) is 4.17. The van der Waals surface area contributed by atoms with Crippen LogP contribution in [0.1, 0.15) is 40.2 Å². The maximum atomic E-state index is 11.8. The van der Waals surface area contributed by atoms with Gasteiger partial charge < -0.3 is 0 Å². The van der Waals surface area contributed by atoms with Crippen molar-refractivity contribution in [2.75, 3.05) is 0 Å². The standard InChI is InChI=1S/C13H13N3O3/c14-16-6-8-2-1-7(5-10(8)13(16)19)9-3-4-11(17)15-12(9)18/h1-2,5,9H,3-4,6,14H2,(H,15,17,18).